The topological polar surface area (TPSA) is 52.9 Å². The maximum Gasteiger partial charge on any atom is 0.255 e. The molecule has 0 atom stereocenters. The second-order valence-electron chi connectivity index (χ2n) is 2.84. The molecule has 0 aromatic carbocycles. The highest BCUT2D eigenvalue weighted by molar-refractivity contribution is 5.84. The number of carbonyl (C=O) groups is 1. The number of hydrogen-bond donors (Lipinski definition) is 1. The predicted octanol–water partition coefficient (Wildman–Crippen LogP) is 0.917. The number of carbonyl (C=O) groups excluding carboxylic acids is 1. The van der Waals surface area contributed by atoms with E-state index in [1.54, 1.807) is 6.07 Å². The van der Waals surface area contributed by atoms with Gasteiger partial charge in [0.25, 0.3) is 6.43 Å². The third-order valence-electron chi connectivity index (χ3n) is 1.26. The van der Waals surface area contributed by atoms with E-state index in [-0.39, 0.29) is 0 Å². The fourth-order valence-corrected chi connectivity index (χ4v) is 0.442. The molecule has 12 heavy (non-hydrogen) atoms. The van der Waals surface area contributed by atoms with Crippen LogP contribution in [0.25, 0.3) is 0 Å². The molecule has 0 rings (SSSR count). The normalized spacial score (nSPS) is 11.0. The summed E-state index contributed by atoms with van der Waals surface area (Å²) in [7, 11) is 0. The smallest absolute Gasteiger partial charge is 0.255 e. The SMILES string of the molecule is CC(C)(C#N)C(=O)NCC(F)F. The van der Waals surface area contributed by atoms with Crippen LogP contribution in [0.5, 0.6) is 0 Å². The van der Waals surface area contributed by atoms with Crippen molar-refractivity contribution in [1.82, 2.24) is 5.32 Å². The lowest BCUT2D eigenvalue weighted by Gasteiger charge is -2.14. The molecule has 0 fully saturated rings. The maximum atomic E-state index is 11.6. The summed E-state index contributed by atoms with van der Waals surface area (Å²) in [5, 5.41) is 10.4. The van der Waals surface area contributed by atoms with E-state index >= 15 is 0 Å². The zero-order valence-corrected chi connectivity index (χ0v) is 6.90. The van der Waals surface area contributed by atoms with E-state index in [1.165, 1.54) is 13.8 Å². The van der Waals surface area contributed by atoms with Crippen molar-refractivity contribution in [3.8, 4) is 6.07 Å². The van der Waals surface area contributed by atoms with Gasteiger partial charge in [-0.05, 0) is 13.8 Å². The highest BCUT2D eigenvalue weighted by Crippen LogP contribution is 2.12. The maximum absolute atomic E-state index is 11.6. The second-order valence-corrected chi connectivity index (χ2v) is 2.84. The Morgan fingerprint density at radius 2 is 2.17 bits per heavy atom. The molecule has 0 heterocycles. The Morgan fingerprint density at radius 3 is 2.50 bits per heavy atom. The van der Waals surface area contributed by atoms with Gasteiger partial charge in [-0.25, -0.2) is 8.78 Å². The first-order valence-electron chi connectivity index (χ1n) is 3.38. The lowest BCUT2D eigenvalue weighted by molar-refractivity contribution is -0.127. The summed E-state index contributed by atoms with van der Waals surface area (Å²) >= 11 is 0. The second kappa shape index (κ2) is 4.00. The molecule has 0 spiro atoms. The van der Waals surface area contributed by atoms with Crippen molar-refractivity contribution >= 4 is 5.91 Å². The zero-order chi connectivity index (χ0) is 9.78. The van der Waals surface area contributed by atoms with Crippen LogP contribution in [0.1, 0.15) is 13.8 Å². The Hall–Kier alpha value is -1.18. The van der Waals surface area contributed by atoms with Crippen LogP contribution in [-0.2, 0) is 4.79 Å². The van der Waals surface area contributed by atoms with E-state index in [4.69, 9.17) is 5.26 Å². The monoisotopic (exact) mass is 176 g/mol. The van der Waals surface area contributed by atoms with Gasteiger partial charge in [0.2, 0.25) is 5.91 Å². The van der Waals surface area contributed by atoms with Crippen molar-refractivity contribution in [2.45, 2.75) is 20.3 Å². The molecule has 0 aliphatic heterocycles. The summed E-state index contributed by atoms with van der Waals surface area (Å²) < 4.78 is 23.2. The molecule has 5 heteroatoms. The Kier molecular flexibility index (Phi) is 3.61. The van der Waals surface area contributed by atoms with E-state index in [0.717, 1.165) is 0 Å². The van der Waals surface area contributed by atoms with Gasteiger partial charge in [-0.15, -0.1) is 0 Å². The highest BCUT2D eigenvalue weighted by atomic mass is 19.3. The molecule has 0 aliphatic rings. The number of alkyl halides is 2. The third kappa shape index (κ3) is 3.28. The zero-order valence-electron chi connectivity index (χ0n) is 6.90. The summed E-state index contributed by atoms with van der Waals surface area (Å²) in [6.07, 6.45) is -2.58. The first kappa shape index (κ1) is 10.8. The molecule has 0 aromatic heterocycles. The molecule has 0 saturated carbocycles. The Bertz CT molecular complexity index is 208. The highest BCUT2D eigenvalue weighted by Gasteiger charge is 2.27. The van der Waals surface area contributed by atoms with Gasteiger partial charge in [-0.1, -0.05) is 0 Å². The number of hydrogen-bond acceptors (Lipinski definition) is 2. The first-order chi connectivity index (χ1) is 5.40. The van der Waals surface area contributed by atoms with Crippen LogP contribution >= 0.6 is 0 Å². The van der Waals surface area contributed by atoms with Crippen molar-refractivity contribution < 1.29 is 13.6 Å². The number of rotatable bonds is 3. The van der Waals surface area contributed by atoms with Crippen LogP contribution < -0.4 is 5.32 Å². The van der Waals surface area contributed by atoms with Crippen LogP contribution in [0.2, 0.25) is 0 Å². The third-order valence-corrected chi connectivity index (χ3v) is 1.26. The summed E-state index contributed by atoms with van der Waals surface area (Å²) in [6, 6.07) is 1.71. The van der Waals surface area contributed by atoms with Gasteiger partial charge in [-0.3, -0.25) is 4.79 Å². The van der Waals surface area contributed by atoms with Gasteiger partial charge in [0.05, 0.1) is 12.6 Å². The quantitative estimate of drug-likeness (QED) is 0.695. The Morgan fingerprint density at radius 1 is 1.67 bits per heavy atom. The van der Waals surface area contributed by atoms with Gasteiger partial charge >= 0.3 is 0 Å². The standard InChI is InChI=1S/C7H10F2N2O/c1-7(2,4-10)6(12)11-3-5(8)9/h5H,3H2,1-2H3,(H,11,12). The summed E-state index contributed by atoms with van der Waals surface area (Å²) in [4.78, 5) is 10.9. The number of nitriles is 1. The van der Waals surface area contributed by atoms with Gasteiger partial charge in [0.1, 0.15) is 5.41 Å². The first-order valence-corrected chi connectivity index (χ1v) is 3.38. The summed E-state index contributed by atoms with van der Waals surface area (Å²) in [6.45, 7) is 2.03. The molecule has 0 radical (unpaired) electrons. The fourth-order valence-electron chi connectivity index (χ4n) is 0.442. The lowest BCUT2D eigenvalue weighted by Crippen LogP contribution is -2.38. The van der Waals surface area contributed by atoms with Gasteiger partial charge < -0.3 is 5.32 Å². The van der Waals surface area contributed by atoms with Crippen molar-refractivity contribution in [3.63, 3.8) is 0 Å². The summed E-state index contributed by atoms with van der Waals surface area (Å²) in [5.74, 6) is -0.676. The fraction of sp³-hybridized carbons (Fsp3) is 0.714. The van der Waals surface area contributed by atoms with Gasteiger partial charge in [0, 0.05) is 0 Å². The number of amides is 1. The predicted molar refractivity (Wildman–Crippen MR) is 38.4 cm³/mol. The van der Waals surface area contributed by atoms with Crippen LogP contribution in [0.3, 0.4) is 0 Å². The molecule has 1 N–H and O–H groups in total. The lowest BCUT2D eigenvalue weighted by atomic mass is 9.95. The van der Waals surface area contributed by atoms with Gasteiger partial charge in [0.15, 0.2) is 0 Å². The van der Waals surface area contributed by atoms with Crippen molar-refractivity contribution in [1.29, 1.82) is 5.26 Å². The summed E-state index contributed by atoms with van der Waals surface area (Å²) in [5.41, 5.74) is -1.24. The van der Waals surface area contributed by atoms with E-state index in [1.807, 2.05) is 5.32 Å². The van der Waals surface area contributed by atoms with Crippen molar-refractivity contribution in [2.24, 2.45) is 5.41 Å². The van der Waals surface area contributed by atoms with Crippen molar-refractivity contribution in [3.05, 3.63) is 0 Å². The molecular weight excluding hydrogens is 166 g/mol. The van der Waals surface area contributed by atoms with Crippen LogP contribution in [0.4, 0.5) is 8.78 Å². The molecular formula is C7H10F2N2O. The molecule has 3 nitrogen and oxygen atoms in total. The van der Waals surface area contributed by atoms with Gasteiger partial charge in [-0.2, -0.15) is 5.26 Å². The largest absolute Gasteiger partial charge is 0.349 e. The van der Waals surface area contributed by atoms with Crippen LogP contribution in [0, 0.1) is 16.7 Å². The van der Waals surface area contributed by atoms with E-state index in [9.17, 15) is 13.6 Å². The number of nitrogens with one attached hydrogen (secondary N) is 1. The molecule has 0 aliphatic carbocycles. The van der Waals surface area contributed by atoms with Crippen LogP contribution in [-0.4, -0.2) is 18.9 Å². The number of nitrogens with zero attached hydrogens (tertiary/aromatic N) is 1. The molecule has 0 unspecified atom stereocenters. The average molecular weight is 176 g/mol. The van der Waals surface area contributed by atoms with Crippen molar-refractivity contribution in [2.75, 3.05) is 6.54 Å². The molecule has 1 amide bonds. The minimum atomic E-state index is -2.58. The molecule has 0 saturated heterocycles. The average Bonchev–Trinajstić information content (AvgIpc) is 2.00. The molecule has 0 bridgehead atoms. The minimum absolute atomic E-state index is 0.676. The Labute approximate surface area is 69.4 Å². The molecule has 0 aromatic rings. The number of halogens is 2. The van der Waals surface area contributed by atoms with E-state index in [2.05, 4.69) is 0 Å². The minimum Gasteiger partial charge on any atom is -0.349 e. The molecule has 68 valence electrons. The van der Waals surface area contributed by atoms with E-state index in [0.29, 0.717) is 0 Å². The van der Waals surface area contributed by atoms with Crippen LogP contribution in [0.15, 0.2) is 0 Å². The van der Waals surface area contributed by atoms with E-state index < -0.39 is 24.3 Å². The Balaban J connectivity index is 3.99.